The van der Waals surface area contributed by atoms with Crippen LogP contribution in [0.15, 0.2) is 48.8 Å². The molecule has 0 N–H and O–H groups in total. The lowest BCUT2D eigenvalue weighted by atomic mass is 9.94. The van der Waals surface area contributed by atoms with Gasteiger partial charge in [0.05, 0.1) is 11.4 Å². The summed E-state index contributed by atoms with van der Waals surface area (Å²) in [5.41, 5.74) is 6.10. The van der Waals surface area contributed by atoms with Crippen LogP contribution in [0.5, 0.6) is 0 Å². The molecule has 0 aliphatic heterocycles. The van der Waals surface area contributed by atoms with Crippen molar-refractivity contribution in [3.8, 4) is 22.8 Å². The monoisotopic (exact) mass is 318 g/mol. The Kier molecular flexibility index (Phi) is 5.26. The normalized spacial score (nSPS) is 10.8. The maximum atomic E-state index is 4.53. The van der Waals surface area contributed by atoms with Crippen LogP contribution in [0.4, 0.5) is 0 Å². The molecule has 0 spiro atoms. The van der Waals surface area contributed by atoms with E-state index >= 15 is 0 Å². The summed E-state index contributed by atoms with van der Waals surface area (Å²) in [6.07, 6.45) is 7.67. The summed E-state index contributed by atoms with van der Waals surface area (Å²) in [6, 6.07) is 11.8. The number of pyridine rings is 2. The molecule has 24 heavy (non-hydrogen) atoms. The number of rotatable bonds is 6. The lowest BCUT2D eigenvalue weighted by Gasteiger charge is -2.16. The van der Waals surface area contributed by atoms with Gasteiger partial charge in [-0.05, 0) is 48.2 Å². The van der Waals surface area contributed by atoms with E-state index in [-0.39, 0.29) is 0 Å². The molecule has 3 rings (SSSR count). The molecule has 3 heterocycles. The van der Waals surface area contributed by atoms with Crippen molar-refractivity contribution in [2.75, 3.05) is 0 Å². The summed E-state index contributed by atoms with van der Waals surface area (Å²) in [6.45, 7) is 4.39. The second kappa shape index (κ2) is 7.77. The van der Waals surface area contributed by atoms with Crippen molar-refractivity contribution in [2.24, 2.45) is 0 Å². The van der Waals surface area contributed by atoms with Gasteiger partial charge < -0.3 is 0 Å². The van der Waals surface area contributed by atoms with Gasteiger partial charge in [0, 0.05) is 12.4 Å². The summed E-state index contributed by atoms with van der Waals surface area (Å²) in [5, 5.41) is 9.07. The van der Waals surface area contributed by atoms with Crippen LogP contribution in [0.2, 0.25) is 0 Å². The maximum absolute atomic E-state index is 4.53. The summed E-state index contributed by atoms with van der Waals surface area (Å²) < 4.78 is 0. The van der Waals surface area contributed by atoms with Gasteiger partial charge in [-0.1, -0.05) is 38.8 Å². The number of hydrogen-bond acceptors (Lipinski definition) is 4. The average Bonchev–Trinajstić information content (AvgIpc) is 2.65. The quantitative estimate of drug-likeness (QED) is 0.671. The van der Waals surface area contributed by atoms with Gasteiger partial charge in [-0.2, -0.15) is 0 Å². The Morgan fingerprint density at radius 1 is 0.667 bits per heavy atom. The molecule has 0 radical (unpaired) electrons. The molecule has 4 heteroatoms. The highest BCUT2D eigenvalue weighted by Crippen LogP contribution is 2.30. The molecule has 0 atom stereocenters. The average molecular weight is 318 g/mol. The zero-order valence-electron chi connectivity index (χ0n) is 14.2. The first kappa shape index (κ1) is 16.2. The molecule has 122 valence electrons. The molecule has 0 saturated heterocycles. The Balaban J connectivity index is 2.21. The van der Waals surface area contributed by atoms with E-state index < -0.39 is 0 Å². The molecule has 0 aromatic carbocycles. The van der Waals surface area contributed by atoms with E-state index in [2.05, 4.69) is 34.0 Å². The first-order valence-corrected chi connectivity index (χ1v) is 8.56. The molecule has 0 fully saturated rings. The molecule has 0 amide bonds. The minimum Gasteiger partial charge on any atom is -0.255 e. The lowest BCUT2D eigenvalue weighted by molar-refractivity contribution is 0.833. The van der Waals surface area contributed by atoms with Gasteiger partial charge in [0.15, 0.2) is 0 Å². The van der Waals surface area contributed by atoms with Crippen molar-refractivity contribution in [1.29, 1.82) is 0 Å². The predicted molar refractivity (Wildman–Crippen MR) is 96.5 cm³/mol. The Labute approximate surface area is 143 Å². The second-order valence-corrected chi connectivity index (χ2v) is 5.78. The molecule has 0 saturated carbocycles. The van der Waals surface area contributed by atoms with Crippen LogP contribution in [-0.2, 0) is 12.8 Å². The minimum atomic E-state index is 0.887. The summed E-state index contributed by atoms with van der Waals surface area (Å²) in [5.74, 6) is 0. The lowest BCUT2D eigenvalue weighted by Crippen LogP contribution is -2.07. The zero-order chi connectivity index (χ0) is 16.8. The maximum Gasteiger partial charge on any atom is 0.115 e. The smallest absolute Gasteiger partial charge is 0.115 e. The molecular formula is C20H22N4. The first-order valence-electron chi connectivity index (χ1n) is 8.56. The Morgan fingerprint density at radius 2 is 1.12 bits per heavy atom. The van der Waals surface area contributed by atoms with Crippen molar-refractivity contribution in [2.45, 2.75) is 39.5 Å². The first-order chi connectivity index (χ1) is 11.8. The van der Waals surface area contributed by atoms with Gasteiger partial charge in [-0.25, -0.2) is 0 Å². The van der Waals surface area contributed by atoms with E-state index in [0.29, 0.717) is 0 Å². The highest BCUT2D eigenvalue weighted by atomic mass is 15.1. The van der Waals surface area contributed by atoms with E-state index in [9.17, 15) is 0 Å². The van der Waals surface area contributed by atoms with Gasteiger partial charge >= 0.3 is 0 Å². The molecule has 0 aliphatic rings. The second-order valence-electron chi connectivity index (χ2n) is 5.78. The van der Waals surface area contributed by atoms with Gasteiger partial charge in [0.25, 0.3) is 0 Å². The van der Waals surface area contributed by atoms with E-state index in [4.69, 9.17) is 0 Å². The number of aromatic nitrogens is 4. The fourth-order valence-electron chi connectivity index (χ4n) is 2.96. The molecule has 4 nitrogen and oxygen atoms in total. The number of hydrogen-bond donors (Lipinski definition) is 0. The van der Waals surface area contributed by atoms with Gasteiger partial charge in [0.2, 0.25) is 0 Å². The Morgan fingerprint density at radius 3 is 1.46 bits per heavy atom. The van der Waals surface area contributed by atoms with Gasteiger partial charge in [0.1, 0.15) is 11.4 Å². The highest BCUT2D eigenvalue weighted by Gasteiger charge is 2.18. The fourth-order valence-corrected chi connectivity index (χ4v) is 2.96. The predicted octanol–water partition coefficient (Wildman–Crippen LogP) is 4.51. The van der Waals surface area contributed by atoms with Crippen LogP contribution < -0.4 is 0 Å². The Hall–Kier alpha value is -2.62. The largest absolute Gasteiger partial charge is 0.255 e. The summed E-state index contributed by atoms with van der Waals surface area (Å²) in [4.78, 5) is 8.95. The van der Waals surface area contributed by atoms with Crippen LogP contribution in [0, 0.1) is 0 Å². The summed E-state index contributed by atoms with van der Waals surface area (Å²) >= 11 is 0. The standard InChI is InChI=1S/C20H22N4/c1-3-9-15-16(10-4-2)20(18-12-6-8-14-22-18)24-23-19(15)17-11-5-7-13-21-17/h5-8,11-14H,3-4,9-10H2,1-2H3. The van der Waals surface area contributed by atoms with E-state index in [0.717, 1.165) is 48.5 Å². The van der Waals surface area contributed by atoms with Crippen LogP contribution in [0.25, 0.3) is 22.8 Å². The minimum absolute atomic E-state index is 0.887. The van der Waals surface area contributed by atoms with Crippen LogP contribution in [0.3, 0.4) is 0 Å². The molecule has 0 aliphatic carbocycles. The molecule has 0 bridgehead atoms. The van der Waals surface area contributed by atoms with Crippen molar-refractivity contribution in [3.05, 3.63) is 59.9 Å². The van der Waals surface area contributed by atoms with Gasteiger partial charge in [-0.15, -0.1) is 10.2 Å². The topological polar surface area (TPSA) is 51.6 Å². The highest BCUT2D eigenvalue weighted by molar-refractivity contribution is 5.68. The van der Waals surface area contributed by atoms with Crippen LogP contribution >= 0.6 is 0 Å². The molecule has 3 aromatic heterocycles. The third-order valence-corrected chi connectivity index (χ3v) is 4.00. The number of nitrogens with zero attached hydrogens (tertiary/aromatic N) is 4. The van der Waals surface area contributed by atoms with Crippen LogP contribution in [-0.4, -0.2) is 20.2 Å². The molecule has 3 aromatic rings. The summed E-state index contributed by atoms with van der Waals surface area (Å²) in [7, 11) is 0. The third kappa shape index (κ3) is 3.32. The van der Waals surface area contributed by atoms with Crippen molar-refractivity contribution >= 4 is 0 Å². The van der Waals surface area contributed by atoms with Gasteiger partial charge in [-0.3, -0.25) is 9.97 Å². The SMILES string of the molecule is CCCc1c(-c2ccccn2)nnc(-c2ccccn2)c1CCC. The van der Waals surface area contributed by atoms with Crippen molar-refractivity contribution < 1.29 is 0 Å². The van der Waals surface area contributed by atoms with E-state index in [1.807, 2.05) is 36.4 Å². The van der Waals surface area contributed by atoms with E-state index in [1.54, 1.807) is 12.4 Å². The fraction of sp³-hybridized carbons (Fsp3) is 0.300. The van der Waals surface area contributed by atoms with E-state index in [1.165, 1.54) is 11.1 Å². The Bertz CT molecular complexity index is 717. The van der Waals surface area contributed by atoms with Crippen molar-refractivity contribution in [1.82, 2.24) is 20.2 Å². The molecular weight excluding hydrogens is 296 g/mol. The third-order valence-electron chi connectivity index (χ3n) is 4.00. The van der Waals surface area contributed by atoms with Crippen LogP contribution in [0.1, 0.15) is 37.8 Å². The van der Waals surface area contributed by atoms with Crippen molar-refractivity contribution in [3.63, 3.8) is 0 Å². The molecule has 0 unspecified atom stereocenters. The zero-order valence-corrected chi connectivity index (χ0v) is 14.2.